The Labute approximate surface area is 106 Å². The SMILES string of the molecule is CC(C)(C)OC(=O)N1CCO[C@H](CC(=O)Cl)C1. The summed E-state index contributed by atoms with van der Waals surface area (Å²) in [5.41, 5.74) is -0.521. The molecule has 0 aromatic carbocycles. The first kappa shape index (κ1) is 14.3. The van der Waals surface area contributed by atoms with Gasteiger partial charge >= 0.3 is 6.09 Å². The van der Waals surface area contributed by atoms with Crippen molar-refractivity contribution in [3.63, 3.8) is 0 Å². The van der Waals surface area contributed by atoms with Gasteiger partial charge in [-0.1, -0.05) is 0 Å². The lowest BCUT2D eigenvalue weighted by Crippen LogP contribution is -2.47. The molecule has 5 nitrogen and oxygen atoms in total. The van der Waals surface area contributed by atoms with Crippen molar-refractivity contribution in [3.05, 3.63) is 0 Å². The third-order valence-corrected chi connectivity index (χ3v) is 2.33. The number of hydrogen-bond donors (Lipinski definition) is 0. The molecule has 0 bridgehead atoms. The summed E-state index contributed by atoms with van der Waals surface area (Å²) < 4.78 is 10.6. The van der Waals surface area contributed by atoms with Crippen LogP contribution in [0.3, 0.4) is 0 Å². The highest BCUT2D eigenvalue weighted by atomic mass is 35.5. The largest absolute Gasteiger partial charge is 0.444 e. The van der Waals surface area contributed by atoms with Gasteiger partial charge in [0.2, 0.25) is 5.24 Å². The minimum atomic E-state index is -0.521. The molecular formula is C11H18ClNO4. The van der Waals surface area contributed by atoms with E-state index in [-0.39, 0.29) is 18.6 Å². The zero-order valence-corrected chi connectivity index (χ0v) is 11.1. The summed E-state index contributed by atoms with van der Waals surface area (Å²) >= 11 is 5.29. The molecule has 17 heavy (non-hydrogen) atoms. The van der Waals surface area contributed by atoms with Crippen LogP contribution in [0.4, 0.5) is 4.79 Å². The van der Waals surface area contributed by atoms with Gasteiger partial charge in [0.15, 0.2) is 0 Å². The number of rotatable bonds is 2. The van der Waals surface area contributed by atoms with Crippen LogP contribution in [-0.2, 0) is 14.3 Å². The zero-order chi connectivity index (χ0) is 13.1. The van der Waals surface area contributed by atoms with Crippen LogP contribution in [0.15, 0.2) is 0 Å². The summed E-state index contributed by atoms with van der Waals surface area (Å²) in [6.45, 7) is 6.64. The normalized spacial score (nSPS) is 21.2. The Balaban J connectivity index is 2.49. The van der Waals surface area contributed by atoms with Gasteiger partial charge in [0.05, 0.1) is 19.3 Å². The van der Waals surface area contributed by atoms with Gasteiger partial charge in [-0.3, -0.25) is 4.79 Å². The van der Waals surface area contributed by atoms with Crippen molar-refractivity contribution >= 4 is 22.9 Å². The molecule has 1 aliphatic rings. The number of carbonyl (C=O) groups excluding carboxylic acids is 2. The fourth-order valence-corrected chi connectivity index (χ4v) is 1.69. The molecule has 0 aromatic heterocycles. The van der Waals surface area contributed by atoms with Gasteiger partial charge in [0, 0.05) is 13.0 Å². The predicted octanol–water partition coefficient (Wildman–Crippen LogP) is 1.78. The Morgan fingerprint density at radius 3 is 2.65 bits per heavy atom. The first-order chi connectivity index (χ1) is 7.78. The lowest BCUT2D eigenvalue weighted by Gasteiger charge is -2.33. The molecule has 6 heteroatoms. The predicted molar refractivity (Wildman–Crippen MR) is 63.0 cm³/mol. The Morgan fingerprint density at radius 2 is 2.12 bits per heavy atom. The van der Waals surface area contributed by atoms with E-state index in [2.05, 4.69) is 0 Å². The first-order valence-electron chi connectivity index (χ1n) is 5.56. The van der Waals surface area contributed by atoms with Crippen molar-refractivity contribution in [2.75, 3.05) is 19.7 Å². The van der Waals surface area contributed by atoms with Crippen molar-refractivity contribution in [1.82, 2.24) is 4.90 Å². The van der Waals surface area contributed by atoms with Crippen molar-refractivity contribution in [2.24, 2.45) is 0 Å². The molecule has 0 radical (unpaired) electrons. The van der Waals surface area contributed by atoms with E-state index >= 15 is 0 Å². The zero-order valence-electron chi connectivity index (χ0n) is 10.4. The second kappa shape index (κ2) is 5.69. The molecule has 0 saturated carbocycles. The molecule has 1 rings (SSSR count). The molecule has 1 saturated heterocycles. The average Bonchev–Trinajstić information content (AvgIpc) is 2.14. The van der Waals surface area contributed by atoms with E-state index in [9.17, 15) is 9.59 Å². The van der Waals surface area contributed by atoms with E-state index in [1.165, 1.54) is 0 Å². The topological polar surface area (TPSA) is 55.8 Å². The summed E-state index contributed by atoms with van der Waals surface area (Å²) in [4.78, 5) is 24.1. The summed E-state index contributed by atoms with van der Waals surface area (Å²) in [6.07, 6.45) is -0.602. The molecule has 0 spiro atoms. The van der Waals surface area contributed by atoms with Crippen molar-refractivity contribution in [1.29, 1.82) is 0 Å². The molecule has 1 fully saturated rings. The van der Waals surface area contributed by atoms with E-state index in [1.54, 1.807) is 4.90 Å². The number of carbonyl (C=O) groups is 2. The maximum absolute atomic E-state index is 11.8. The van der Waals surface area contributed by atoms with Gasteiger partial charge in [-0.05, 0) is 32.4 Å². The summed E-state index contributed by atoms with van der Waals surface area (Å²) in [5.74, 6) is 0. The number of ether oxygens (including phenoxy) is 2. The van der Waals surface area contributed by atoms with Crippen molar-refractivity contribution < 1.29 is 19.1 Å². The highest BCUT2D eigenvalue weighted by Gasteiger charge is 2.28. The number of nitrogens with zero attached hydrogens (tertiary/aromatic N) is 1. The van der Waals surface area contributed by atoms with Crippen LogP contribution < -0.4 is 0 Å². The van der Waals surface area contributed by atoms with E-state index in [4.69, 9.17) is 21.1 Å². The van der Waals surface area contributed by atoms with Crippen molar-refractivity contribution in [3.8, 4) is 0 Å². The van der Waals surface area contributed by atoms with Crippen LogP contribution in [0, 0.1) is 0 Å². The molecule has 1 atom stereocenters. The average molecular weight is 264 g/mol. The summed E-state index contributed by atoms with van der Waals surface area (Å²) in [6, 6.07) is 0. The highest BCUT2D eigenvalue weighted by Crippen LogP contribution is 2.14. The number of halogens is 1. The van der Waals surface area contributed by atoms with Crippen molar-refractivity contribution in [2.45, 2.75) is 38.9 Å². The van der Waals surface area contributed by atoms with Crippen LogP contribution in [0.25, 0.3) is 0 Å². The highest BCUT2D eigenvalue weighted by molar-refractivity contribution is 6.63. The fourth-order valence-electron chi connectivity index (χ4n) is 1.51. The maximum atomic E-state index is 11.8. The Bertz CT molecular complexity index is 300. The van der Waals surface area contributed by atoms with E-state index in [0.29, 0.717) is 19.7 Å². The molecule has 1 amide bonds. The first-order valence-corrected chi connectivity index (χ1v) is 5.93. The fraction of sp³-hybridized carbons (Fsp3) is 0.818. The van der Waals surface area contributed by atoms with Gasteiger partial charge in [0.25, 0.3) is 0 Å². The quantitative estimate of drug-likeness (QED) is 0.713. The molecule has 0 unspecified atom stereocenters. The van der Waals surface area contributed by atoms with E-state index in [0.717, 1.165) is 0 Å². The maximum Gasteiger partial charge on any atom is 0.410 e. The van der Waals surface area contributed by atoms with E-state index in [1.807, 2.05) is 20.8 Å². The van der Waals surface area contributed by atoms with Gasteiger partial charge in [-0.25, -0.2) is 4.79 Å². The number of amides is 1. The van der Waals surface area contributed by atoms with Gasteiger partial charge in [0.1, 0.15) is 5.60 Å². The van der Waals surface area contributed by atoms with Crippen LogP contribution in [0.5, 0.6) is 0 Å². The standard InChI is InChI=1S/C11H18ClNO4/c1-11(2,3)17-10(15)13-4-5-16-8(7-13)6-9(12)14/h8H,4-7H2,1-3H3/t8-/m1/s1. The third-order valence-electron chi connectivity index (χ3n) is 2.18. The molecule has 0 aromatic rings. The summed E-state index contributed by atoms with van der Waals surface area (Å²) in [7, 11) is 0. The number of morpholine rings is 1. The Kier molecular flexibility index (Phi) is 4.77. The number of hydrogen-bond acceptors (Lipinski definition) is 4. The molecule has 0 N–H and O–H groups in total. The van der Waals surface area contributed by atoms with Crippen LogP contribution >= 0.6 is 11.6 Å². The van der Waals surface area contributed by atoms with Gasteiger partial charge in [-0.15, -0.1) is 0 Å². The minimum Gasteiger partial charge on any atom is -0.444 e. The van der Waals surface area contributed by atoms with Crippen LogP contribution in [0.1, 0.15) is 27.2 Å². The van der Waals surface area contributed by atoms with E-state index < -0.39 is 10.8 Å². The molecule has 98 valence electrons. The van der Waals surface area contributed by atoms with Gasteiger partial charge < -0.3 is 14.4 Å². The minimum absolute atomic E-state index is 0.112. The Morgan fingerprint density at radius 1 is 1.47 bits per heavy atom. The molecule has 1 aliphatic heterocycles. The Hall–Kier alpha value is -0.810. The smallest absolute Gasteiger partial charge is 0.410 e. The lowest BCUT2D eigenvalue weighted by atomic mass is 10.2. The van der Waals surface area contributed by atoms with Crippen LogP contribution in [-0.4, -0.2) is 47.6 Å². The monoisotopic (exact) mass is 263 g/mol. The van der Waals surface area contributed by atoms with Gasteiger partial charge in [-0.2, -0.15) is 0 Å². The second-order valence-corrected chi connectivity index (χ2v) is 5.40. The molecule has 0 aliphatic carbocycles. The third kappa shape index (κ3) is 5.37. The molecular weight excluding hydrogens is 246 g/mol. The lowest BCUT2D eigenvalue weighted by molar-refractivity contribution is -0.116. The van der Waals surface area contributed by atoms with Crippen LogP contribution in [0.2, 0.25) is 0 Å². The molecule has 1 heterocycles. The summed E-state index contributed by atoms with van der Waals surface area (Å²) in [5, 5.41) is -0.457. The second-order valence-electron chi connectivity index (χ2n) is 4.98.